The van der Waals surface area contributed by atoms with Gasteiger partial charge in [-0.25, -0.2) is 4.57 Å². The highest BCUT2D eigenvalue weighted by atomic mass is 31.2. The van der Waals surface area contributed by atoms with E-state index in [2.05, 4.69) is 13.8 Å². The number of carbonyl (C=O) groups excluding carboxylic acids is 2. The number of phosphoric ester groups is 1. The van der Waals surface area contributed by atoms with Crippen molar-refractivity contribution in [2.24, 2.45) is 0 Å². The summed E-state index contributed by atoms with van der Waals surface area (Å²) in [5, 5.41) is 0. The summed E-state index contributed by atoms with van der Waals surface area (Å²) in [5.41, 5.74) is 0. The predicted molar refractivity (Wildman–Crippen MR) is 206 cm³/mol. The fraction of sp³-hybridized carbons (Fsp3) is 0.950. The molecule has 0 spiro atoms. The number of unbranched alkanes of at least 4 members (excludes halogenated alkanes) is 24. The Labute approximate surface area is 308 Å². The Hall–Kier alpha value is -0.990. The van der Waals surface area contributed by atoms with Gasteiger partial charge in [0.1, 0.15) is 19.8 Å². The predicted octanol–water partition coefficient (Wildman–Crippen LogP) is 11.2. The van der Waals surface area contributed by atoms with Crippen LogP contribution in [0, 0.1) is 0 Å². The highest BCUT2D eigenvalue weighted by Crippen LogP contribution is 2.43. The molecule has 2 atom stereocenters. The minimum atomic E-state index is -4.36. The zero-order valence-electron chi connectivity index (χ0n) is 33.4. The van der Waals surface area contributed by atoms with Crippen LogP contribution in [0.15, 0.2) is 0 Å². The van der Waals surface area contributed by atoms with Crippen LogP contribution in [-0.4, -0.2) is 74.9 Å². The van der Waals surface area contributed by atoms with Crippen molar-refractivity contribution < 1.29 is 42.1 Å². The maximum Gasteiger partial charge on any atom is 0.472 e. The molecule has 0 aromatic heterocycles. The third-order valence-electron chi connectivity index (χ3n) is 9.14. The average molecular weight is 735 g/mol. The summed E-state index contributed by atoms with van der Waals surface area (Å²) in [6.07, 6.45) is 31.4. The lowest BCUT2D eigenvalue weighted by atomic mass is 10.0. The van der Waals surface area contributed by atoms with Crippen molar-refractivity contribution in [3.63, 3.8) is 0 Å². The molecule has 10 heteroatoms. The third kappa shape index (κ3) is 36.8. The van der Waals surface area contributed by atoms with Crippen LogP contribution in [0.25, 0.3) is 0 Å². The van der Waals surface area contributed by atoms with E-state index in [4.69, 9.17) is 18.5 Å². The standard InChI is InChI=1S/C40H80NO8P/c1-6-8-10-12-14-16-18-19-20-21-22-23-25-27-29-31-33-40(43)49-38(37-48-50(44,45)47-35-34-41(3,4)5)36-46-39(42)32-30-28-26-24-17-15-13-11-9-7-2/h38H,6-37H2,1-5H3/p+1/t38-/m1/s1. The number of hydrogen-bond donors (Lipinski definition) is 1. The van der Waals surface area contributed by atoms with E-state index >= 15 is 0 Å². The van der Waals surface area contributed by atoms with Crippen LogP contribution >= 0.6 is 7.82 Å². The second kappa shape index (κ2) is 33.8. The van der Waals surface area contributed by atoms with Gasteiger partial charge in [0, 0.05) is 12.8 Å². The number of quaternary nitrogens is 1. The number of phosphoric acid groups is 1. The summed E-state index contributed by atoms with van der Waals surface area (Å²) in [6, 6.07) is 0. The molecule has 0 saturated heterocycles. The summed E-state index contributed by atoms with van der Waals surface area (Å²) in [6.45, 7) is 4.43. The smallest absolute Gasteiger partial charge is 0.462 e. The molecule has 0 aliphatic carbocycles. The van der Waals surface area contributed by atoms with Gasteiger partial charge in [-0.15, -0.1) is 0 Å². The Bertz CT molecular complexity index is 835. The molecule has 1 unspecified atom stereocenters. The largest absolute Gasteiger partial charge is 0.472 e. The molecule has 50 heavy (non-hydrogen) atoms. The van der Waals surface area contributed by atoms with Gasteiger partial charge in [-0.2, -0.15) is 0 Å². The molecule has 0 saturated carbocycles. The van der Waals surface area contributed by atoms with Crippen LogP contribution < -0.4 is 0 Å². The maximum absolute atomic E-state index is 12.6. The Morgan fingerprint density at radius 3 is 1.28 bits per heavy atom. The Balaban J connectivity index is 4.33. The lowest BCUT2D eigenvalue weighted by Gasteiger charge is -2.24. The molecular weight excluding hydrogens is 653 g/mol. The normalized spacial score (nSPS) is 13.6. The number of ether oxygens (including phenoxy) is 2. The van der Waals surface area contributed by atoms with E-state index in [0.717, 1.165) is 38.5 Å². The minimum absolute atomic E-state index is 0.0365. The summed E-state index contributed by atoms with van der Waals surface area (Å²) in [7, 11) is 1.49. The first kappa shape index (κ1) is 49.0. The van der Waals surface area contributed by atoms with Crippen molar-refractivity contribution in [1.29, 1.82) is 0 Å². The number of hydrogen-bond acceptors (Lipinski definition) is 7. The first-order chi connectivity index (χ1) is 24.0. The number of rotatable bonds is 38. The lowest BCUT2D eigenvalue weighted by Crippen LogP contribution is -2.37. The van der Waals surface area contributed by atoms with Crippen molar-refractivity contribution in [3.05, 3.63) is 0 Å². The molecule has 0 aliphatic heterocycles. The average Bonchev–Trinajstić information content (AvgIpc) is 3.06. The van der Waals surface area contributed by atoms with E-state index in [1.807, 2.05) is 21.1 Å². The fourth-order valence-electron chi connectivity index (χ4n) is 5.84. The number of likely N-dealkylation sites (N-methyl/N-ethyl adjacent to an activating group) is 1. The fourth-order valence-corrected chi connectivity index (χ4v) is 6.58. The van der Waals surface area contributed by atoms with Gasteiger partial charge in [-0.1, -0.05) is 168 Å². The molecule has 0 aromatic rings. The van der Waals surface area contributed by atoms with Crippen LogP contribution in [0.5, 0.6) is 0 Å². The van der Waals surface area contributed by atoms with Gasteiger partial charge < -0.3 is 18.9 Å². The van der Waals surface area contributed by atoms with Crippen molar-refractivity contribution in [2.75, 3.05) is 47.5 Å². The summed E-state index contributed by atoms with van der Waals surface area (Å²) >= 11 is 0. The Kier molecular flexibility index (Phi) is 33.2. The molecule has 0 heterocycles. The number of nitrogens with zero attached hydrogens (tertiary/aromatic N) is 1. The van der Waals surface area contributed by atoms with Crippen LogP contribution in [0.4, 0.5) is 0 Å². The van der Waals surface area contributed by atoms with E-state index in [0.29, 0.717) is 17.4 Å². The third-order valence-corrected chi connectivity index (χ3v) is 10.1. The van der Waals surface area contributed by atoms with Crippen LogP contribution in [0.1, 0.15) is 194 Å². The highest BCUT2D eigenvalue weighted by molar-refractivity contribution is 7.47. The van der Waals surface area contributed by atoms with Crippen LogP contribution in [0.2, 0.25) is 0 Å². The quantitative estimate of drug-likeness (QED) is 0.0289. The molecule has 0 rings (SSSR count). The maximum atomic E-state index is 12.6. The van der Waals surface area contributed by atoms with E-state index in [9.17, 15) is 19.0 Å². The summed E-state index contributed by atoms with van der Waals surface area (Å²) in [5.74, 6) is -0.789. The Morgan fingerprint density at radius 2 is 0.900 bits per heavy atom. The molecule has 1 N–H and O–H groups in total. The molecule has 0 aliphatic rings. The molecule has 0 fully saturated rings. The van der Waals surface area contributed by atoms with Gasteiger partial charge in [0.15, 0.2) is 6.10 Å². The topological polar surface area (TPSA) is 108 Å². The van der Waals surface area contributed by atoms with Crippen molar-refractivity contribution in [3.8, 4) is 0 Å². The Morgan fingerprint density at radius 1 is 0.540 bits per heavy atom. The van der Waals surface area contributed by atoms with E-state index in [1.165, 1.54) is 128 Å². The van der Waals surface area contributed by atoms with Gasteiger partial charge in [0.25, 0.3) is 0 Å². The first-order valence-electron chi connectivity index (χ1n) is 20.8. The summed E-state index contributed by atoms with van der Waals surface area (Å²) < 4.78 is 34.2. The van der Waals surface area contributed by atoms with Gasteiger partial charge >= 0.3 is 19.8 Å². The van der Waals surface area contributed by atoms with Crippen LogP contribution in [0.3, 0.4) is 0 Å². The second-order valence-corrected chi connectivity index (χ2v) is 16.8. The monoisotopic (exact) mass is 735 g/mol. The molecule has 0 aromatic carbocycles. The van der Waals surface area contributed by atoms with Crippen molar-refractivity contribution in [1.82, 2.24) is 0 Å². The number of esters is 2. The van der Waals surface area contributed by atoms with Gasteiger partial charge in [-0.05, 0) is 12.8 Å². The number of carbonyl (C=O) groups is 2. The SMILES string of the molecule is CCCCCCCCCCCCCCCCCCC(=O)O[C@H](COC(=O)CCCCCCCCCCCC)COP(=O)(O)OCC[N+](C)(C)C. The van der Waals surface area contributed by atoms with Crippen LogP contribution in [-0.2, 0) is 32.7 Å². The molecule has 298 valence electrons. The van der Waals surface area contributed by atoms with E-state index < -0.39 is 26.5 Å². The van der Waals surface area contributed by atoms with E-state index in [1.54, 1.807) is 0 Å². The molecular formula is C40H81NO8P+. The zero-order valence-corrected chi connectivity index (χ0v) is 34.3. The first-order valence-corrected chi connectivity index (χ1v) is 22.3. The molecule has 0 radical (unpaired) electrons. The molecule has 0 bridgehead atoms. The van der Waals surface area contributed by atoms with Gasteiger partial charge in [-0.3, -0.25) is 18.6 Å². The van der Waals surface area contributed by atoms with E-state index in [-0.39, 0.29) is 25.6 Å². The molecule has 9 nitrogen and oxygen atoms in total. The van der Waals surface area contributed by atoms with Gasteiger partial charge in [0.2, 0.25) is 0 Å². The summed E-state index contributed by atoms with van der Waals surface area (Å²) in [4.78, 5) is 35.2. The highest BCUT2D eigenvalue weighted by Gasteiger charge is 2.27. The zero-order chi connectivity index (χ0) is 37.2. The van der Waals surface area contributed by atoms with Gasteiger partial charge in [0.05, 0.1) is 27.7 Å². The molecule has 0 amide bonds. The lowest BCUT2D eigenvalue weighted by molar-refractivity contribution is -0.870. The van der Waals surface area contributed by atoms with Crippen molar-refractivity contribution >= 4 is 19.8 Å². The minimum Gasteiger partial charge on any atom is -0.462 e. The second-order valence-electron chi connectivity index (χ2n) is 15.4. The van der Waals surface area contributed by atoms with Crippen molar-refractivity contribution in [2.45, 2.75) is 200 Å².